The van der Waals surface area contributed by atoms with E-state index in [1.807, 2.05) is 13.0 Å². The van der Waals surface area contributed by atoms with Gasteiger partial charge in [0.25, 0.3) is 0 Å². The van der Waals surface area contributed by atoms with E-state index in [-0.39, 0.29) is 23.5 Å². The monoisotopic (exact) mass is 367 g/mol. The zero-order valence-electron chi connectivity index (χ0n) is 15.8. The summed E-state index contributed by atoms with van der Waals surface area (Å²) in [5, 5.41) is 9.79. The van der Waals surface area contributed by atoms with Crippen molar-refractivity contribution >= 4 is 28.9 Å². The Morgan fingerprint density at radius 3 is 2.36 bits per heavy atom. The largest absolute Gasteiger partial charge is 0.465 e. The van der Waals surface area contributed by atoms with Gasteiger partial charge in [0.05, 0.1) is 18.9 Å². The number of anilines is 1. The number of hydrogen-bond donors (Lipinski definition) is 1. The lowest BCUT2D eigenvalue weighted by Crippen LogP contribution is -2.43. The van der Waals surface area contributed by atoms with Crippen molar-refractivity contribution in [3.8, 4) is 0 Å². The minimum absolute atomic E-state index is 0.00445. The highest BCUT2D eigenvalue weighted by Gasteiger charge is 2.34. The first kappa shape index (κ1) is 19.9. The molecule has 1 fully saturated rings. The molecule has 1 aromatic heterocycles. The summed E-state index contributed by atoms with van der Waals surface area (Å²) in [4.78, 5) is 28.4. The SMILES string of the molecule is CCC(=O)N(c1cc(C(C)(C)C)sc1C(=O)OC)C1CCC(O)CC1. The number of aliphatic hydroxyl groups excluding tert-OH is 1. The molecule has 0 saturated heterocycles. The number of ether oxygens (including phenoxy) is 1. The summed E-state index contributed by atoms with van der Waals surface area (Å²) in [6, 6.07) is 1.98. The Bertz CT molecular complexity index is 624. The molecule has 25 heavy (non-hydrogen) atoms. The number of carbonyl (C=O) groups excluding carboxylic acids is 2. The minimum Gasteiger partial charge on any atom is -0.465 e. The molecule has 6 heteroatoms. The molecule has 0 bridgehead atoms. The highest BCUT2D eigenvalue weighted by Crippen LogP contribution is 2.40. The van der Waals surface area contributed by atoms with E-state index >= 15 is 0 Å². The van der Waals surface area contributed by atoms with E-state index in [0.29, 0.717) is 29.8 Å². The molecule has 1 amide bonds. The van der Waals surface area contributed by atoms with Crippen LogP contribution < -0.4 is 4.90 Å². The Hall–Kier alpha value is -1.40. The summed E-state index contributed by atoms with van der Waals surface area (Å²) in [6.07, 6.45) is 2.94. The highest BCUT2D eigenvalue weighted by atomic mass is 32.1. The van der Waals surface area contributed by atoms with Crippen LogP contribution in [0.4, 0.5) is 5.69 Å². The summed E-state index contributed by atoms with van der Waals surface area (Å²) >= 11 is 1.40. The number of thiophene rings is 1. The van der Waals surface area contributed by atoms with Gasteiger partial charge >= 0.3 is 5.97 Å². The van der Waals surface area contributed by atoms with Gasteiger partial charge in [-0.15, -0.1) is 11.3 Å². The average Bonchev–Trinajstić information content (AvgIpc) is 3.01. The third kappa shape index (κ3) is 4.42. The molecule has 2 rings (SSSR count). The second-order valence-corrected chi connectivity index (χ2v) is 8.70. The van der Waals surface area contributed by atoms with Gasteiger partial charge in [-0.1, -0.05) is 27.7 Å². The first-order chi connectivity index (χ1) is 11.7. The van der Waals surface area contributed by atoms with Gasteiger partial charge < -0.3 is 14.7 Å². The molecular formula is C19H29NO4S. The second kappa shape index (κ2) is 7.87. The minimum atomic E-state index is -0.403. The molecule has 0 aliphatic heterocycles. The van der Waals surface area contributed by atoms with Crippen LogP contribution in [0.1, 0.15) is 74.3 Å². The molecule has 1 aliphatic carbocycles. The highest BCUT2D eigenvalue weighted by molar-refractivity contribution is 7.14. The predicted molar refractivity (Wildman–Crippen MR) is 100 cm³/mol. The zero-order chi connectivity index (χ0) is 18.8. The lowest BCUT2D eigenvalue weighted by atomic mass is 9.91. The number of carbonyl (C=O) groups is 2. The van der Waals surface area contributed by atoms with Gasteiger partial charge in [0.2, 0.25) is 5.91 Å². The lowest BCUT2D eigenvalue weighted by Gasteiger charge is -2.35. The van der Waals surface area contributed by atoms with E-state index in [1.165, 1.54) is 18.4 Å². The molecule has 140 valence electrons. The third-order valence-corrected chi connectivity index (χ3v) is 6.21. The molecule has 1 aliphatic rings. The number of aliphatic hydroxyl groups is 1. The van der Waals surface area contributed by atoms with Crippen molar-refractivity contribution in [3.05, 3.63) is 15.8 Å². The summed E-state index contributed by atoms with van der Waals surface area (Å²) in [6.45, 7) is 8.10. The van der Waals surface area contributed by atoms with E-state index < -0.39 is 5.97 Å². The number of esters is 1. The van der Waals surface area contributed by atoms with Crippen LogP contribution in [-0.4, -0.2) is 36.2 Å². The number of amides is 1. The Labute approximate surface area is 154 Å². The molecule has 0 spiro atoms. The Kier molecular flexibility index (Phi) is 6.27. The molecule has 1 saturated carbocycles. The molecule has 0 radical (unpaired) electrons. The van der Waals surface area contributed by atoms with E-state index in [4.69, 9.17) is 4.74 Å². The normalized spacial score (nSPS) is 21.0. The zero-order valence-corrected chi connectivity index (χ0v) is 16.6. The van der Waals surface area contributed by atoms with Crippen LogP contribution in [0, 0.1) is 0 Å². The van der Waals surface area contributed by atoms with E-state index in [0.717, 1.165) is 17.7 Å². The Balaban J connectivity index is 2.50. The van der Waals surface area contributed by atoms with Gasteiger partial charge in [-0.2, -0.15) is 0 Å². The fraction of sp³-hybridized carbons (Fsp3) is 0.684. The van der Waals surface area contributed by atoms with Crippen LogP contribution in [0.15, 0.2) is 6.07 Å². The van der Waals surface area contributed by atoms with Gasteiger partial charge in [-0.05, 0) is 37.2 Å². The second-order valence-electron chi connectivity index (χ2n) is 7.65. The van der Waals surface area contributed by atoms with E-state index in [9.17, 15) is 14.7 Å². The quantitative estimate of drug-likeness (QED) is 0.820. The van der Waals surface area contributed by atoms with Crippen LogP contribution in [0.5, 0.6) is 0 Å². The van der Waals surface area contributed by atoms with Crippen molar-refractivity contribution in [3.63, 3.8) is 0 Å². The van der Waals surface area contributed by atoms with Crippen LogP contribution in [0.3, 0.4) is 0 Å². The molecule has 1 heterocycles. The molecule has 0 unspecified atom stereocenters. The van der Waals surface area contributed by atoms with Crippen molar-refractivity contribution in [1.29, 1.82) is 0 Å². The third-order valence-electron chi connectivity index (χ3n) is 4.68. The first-order valence-corrected chi connectivity index (χ1v) is 9.73. The summed E-state index contributed by atoms with van der Waals surface area (Å²) in [5.41, 5.74) is 0.546. The molecule has 0 atom stereocenters. The standard InChI is InChI=1S/C19H29NO4S/c1-6-16(22)20(12-7-9-13(21)10-8-12)14-11-15(19(2,3)4)25-17(14)18(23)24-5/h11-13,21H,6-10H2,1-5H3. The lowest BCUT2D eigenvalue weighted by molar-refractivity contribution is -0.119. The van der Waals surface area contributed by atoms with Crippen molar-refractivity contribution in [2.75, 3.05) is 12.0 Å². The Morgan fingerprint density at radius 2 is 1.88 bits per heavy atom. The molecule has 5 nitrogen and oxygen atoms in total. The van der Waals surface area contributed by atoms with Gasteiger partial charge in [-0.25, -0.2) is 4.79 Å². The number of hydrogen-bond acceptors (Lipinski definition) is 5. The van der Waals surface area contributed by atoms with Crippen molar-refractivity contribution in [2.24, 2.45) is 0 Å². The van der Waals surface area contributed by atoms with Crippen molar-refractivity contribution in [1.82, 2.24) is 0 Å². The predicted octanol–water partition coefficient (Wildman–Crippen LogP) is 3.88. The maximum Gasteiger partial charge on any atom is 0.350 e. The van der Waals surface area contributed by atoms with Crippen LogP contribution in [-0.2, 0) is 14.9 Å². The first-order valence-electron chi connectivity index (χ1n) is 8.91. The molecule has 1 N–H and O–H groups in total. The molecule has 0 aromatic carbocycles. The fourth-order valence-electron chi connectivity index (χ4n) is 3.19. The van der Waals surface area contributed by atoms with Gasteiger partial charge in [0.1, 0.15) is 4.88 Å². The molecule has 1 aromatic rings. The van der Waals surface area contributed by atoms with Crippen LogP contribution >= 0.6 is 11.3 Å². The van der Waals surface area contributed by atoms with E-state index in [2.05, 4.69) is 20.8 Å². The topological polar surface area (TPSA) is 66.8 Å². The fourth-order valence-corrected chi connectivity index (χ4v) is 4.32. The number of rotatable bonds is 4. The number of nitrogens with zero attached hydrogens (tertiary/aromatic N) is 1. The maximum atomic E-state index is 12.7. The van der Waals surface area contributed by atoms with Gasteiger partial charge in [0.15, 0.2) is 0 Å². The van der Waals surface area contributed by atoms with Gasteiger partial charge in [0, 0.05) is 17.3 Å². The summed E-state index contributed by atoms with van der Waals surface area (Å²) in [7, 11) is 1.37. The average molecular weight is 368 g/mol. The summed E-state index contributed by atoms with van der Waals surface area (Å²) < 4.78 is 4.96. The smallest absolute Gasteiger partial charge is 0.350 e. The maximum absolute atomic E-state index is 12.7. The Morgan fingerprint density at radius 1 is 1.28 bits per heavy atom. The molecular weight excluding hydrogens is 338 g/mol. The van der Waals surface area contributed by atoms with Crippen LogP contribution in [0.2, 0.25) is 0 Å². The van der Waals surface area contributed by atoms with Gasteiger partial charge in [-0.3, -0.25) is 4.79 Å². The summed E-state index contributed by atoms with van der Waals surface area (Å²) in [5.74, 6) is -0.398. The van der Waals surface area contributed by atoms with E-state index in [1.54, 1.807) is 4.90 Å². The van der Waals surface area contributed by atoms with Crippen molar-refractivity contribution < 1.29 is 19.4 Å². The number of methoxy groups -OCH3 is 1. The van der Waals surface area contributed by atoms with Crippen LogP contribution in [0.25, 0.3) is 0 Å². The van der Waals surface area contributed by atoms with Crippen molar-refractivity contribution in [2.45, 2.75) is 77.4 Å².